The fourth-order valence-electron chi connectivity index (χ4n) is 2.53. The lowest BCUT2D eigenvalue weighted by molar-refractivity contribution is -0.125. The van der Waals surface area contributed by atoms with Crippen LogP contribution < -0.4 is 5.32 Å². The number of hydrogen-bond acceptors (Lipinski definition) is 5. The lowest BCUT2D eigenvalue weighted by Gasteiger charge is -2.26. The number of aromatic nitrogens is 3. The summed E-state index contributed by atoms with van der Waals surface area (Å²) >= 11 is 6.86. The zero-order valence-corrected chi connectivity index (χ0v) is 14.1. The summed E-state index contributed by atoms with van der Waals surface area (Å²) < 4.78 is 7.58. The molecule has 1 amide bonds. The highest BCUT2D eigenvalue weighted by Crippen LogP contribution is 2.26. The Labute approximate surface area is 137 Å². The Morgan fingerprint density at radius 2 is 2.50 bits per heavy atom. The van der Waals surface area contributed by atoms with Gasteiger partial charge in [0.15, 0.2) is 10.6 Å². The zero-order valence-electron chi connectivity index (χ0n) is 12.5. The van der Waals surface area contributed by atoms with Crippen molar-refractivity contribution in [3.8, 4) is 10.7 Å². The van der Waals surface area contributed by atoms with Crippen molar-refractivity contribution in [1.29, 1.82) is 0 Å². The second-order valence-corrected chi connectivity index (χ2v) is 7.06. The minimum absolute atomic E-state index is 0.0803. The molecule has 0 aliphatic carbocycles. The van der Waals surface area contributed by atoms with E-state index < -0.39 is 6.04 Å². The first-order valence-electron chi connectivity index (χ1n) is 7.11. The summed E-state index contributed by atoms with van der Waals surface area (Å²) in [5.41, 5.74) is -0.305. The minimum Gasteiger partial charge on any atom is -0.379 e. The first-order valence-corrected chi connectivity index (χ1v) is 8.39. The Kier molecular flexibility index (Phi) is 4.16. The lowest BCUT2D eigenvalue weighted by atomic mass is 10.0. The van der Waals surface area contributed by atoms with Crippen molar-refractivity contribution in [3.63, 3.8) is 0 Å². The minimum atomic E-state index is -0.444. The quantitative estimate of drug-likeness (QED) is 0.840. The fraction of sp³-hybridized carbons (Fsp3) is 0.500. The van der Waals surface area contributed by atoms with Crippen molar-refractivity contribution in [3.05, 3.63) is 22.3 Å². The molecule has 0 aromatic carbocycles. The van der Waals surface area contributed by atoms with Crippen molar-refractivity contribution < 1.29 is 9.53 Å². The van der Waals surface area contributed by atoms with E-state index in [0.29, 0.717) is 23.8 Å². The number of rotatable bonds is 4. The number of hydrogen-bond donors (Lipinski definition) is 2. The van der Waals surface area contributed by atoms with Crippen LogP contribution in [0.2, 0.25) is 0 Å². The van der Waals surface area contributed by atoms with Crippen molar-refractivity contribution >= 4 is 29.5 Å². The van der Waals surface area contributed by atoms with E-state index >= 15 is 0 Å². The van der Waals surface area contributed by atoms with Crippen LogP contribution in [0.15, 0.2) is 17.5 Å². The van der Waals surface area contributed by atoms with Crippen LogP contribution in [0.3, 0.4) is 0 Å². The third-order valence-electron chi connectivity index (χ3n) is 3.86. The maximum Gasteiger partial charge on any atom is 0.243 e. The monoisotopic (exact) mass is 338 g/mol. The lowest BCUT2D eigenvalue weighted by Crippen LogP contribution is -2.48. The number of amides is 1. The molecule has 0 spiro atoms. The molecule has 1 fully saturated rings. The summed E-state index contributed by atoms with van der Waals surface area (Å²) in [5, 5.41) is 12.1. The first kappa shape index (κ1) is 15.4. The molecular formula is C14H18N4O2S2. The molecule has 0 radical (unpaired) electrons. The molecule has 2 aromatic rings. The number of carbonyl (C=O) groups is 1. The summed E-state index contributed by atoms with van der Waals surface area (Å²) in [7, 11) is 0. The van der Waals surface area contributed by atoms with Crippen LogP contribution in [0.5, 0.6) is 0 Å². The van der Waals surface area contributed by atoms with Gasteiger partial charge in [0, 0.05) is 6.61 Å². The molecule has 1 aliphatic heterocycles. The predicted octanol–water partition coefficient (Wildman–Crippen LogP) is 2.53. The van der Waals surface area contributed by atoms with E-state index in [1.165, 1.54) is 0 Å². The molecule has 0 saturated carbocycles. The Morgan fingerprint density at radius 3 is 3.14 bits per heavy atom. The van der Waals surface area contributed by atoms with Crippen molar-refractivity contribution in [1.82, 2.24) is 20.1 Å². The second-order valence-electron chi connectivity index (χ2n) is 5.73. The van der Waals surface area contributed by atoms with E-state index in [-0.39, 0.29) is 11.4 Å². The normalized spacial score (nSPS) is 22.6. The van der Waals surface area contributed by atoms with Crippen LogP contribution in [0, 0.1) is 4.77 Å². The van der Waals surface area contributed by atoms with Crippen molar-refractivity contribution in [2.75, 3.05) is 13.2 Å². The summed E-state index contributed by atoms with van der Waals surface area (Å²) in [6.45, 7) is 5.05. The van der Waals surface area contributed by atoms with Crippen molar-refractivity contribution in [2.45, 2.75) is 31.8 Å². The molecule has 2 atom stereocenters. The third-order valence-corrected chi connectivity index (χ3v) is 5.01. The molecule has 1 aliphatic rings. The molecule has 6 nitrogen and oxygen atoms in total. The van der Waals surface area contributed by atoms with E-state index in [0.717, 1.165) is 11.3 Å². The Hall–Kier alpha value is -1.51. The topological polar surface area (TPSA) is 71.9 Å². The summed E-state index contributed by atoms with van der Waals surface area (Å²) in [5.74, 6) is 0.610. The molecule has 3 heterocycles. The van der Waals surface area contributed by atoms with Gasteiger partial charge in [0.2, 0.25) is 5.91 Å². The van der Waals surface area contributed by atoms with Gasteiger partial charge in [-0.3, -0.25) is 14.5 Å². The van der Waals surface area contributed by atoms with Crippen LogP contribution in [-0.4, -0.2) is 39.4 Å². The van der Waals surface area contributed by atoms with Crippen LogP contribution in [0.1, 0.15) is 26.3 Å². The highest BCUT2D eigenvalue weighted by atomic mass is 32.1. The number of H-pyrrole nitrogens is 1. The highest BCUT2D eigenvalue weighted by Gasteiger charge is 2.33. The standard InChI is InChI=1S/C14H18N4O2S2/c1-9(12(19)15-14(2)5-6-20-8-14)18-11(16-17-13(18)21)10-4-3-7-22-10/h3-4,7,9H,5-6,8H2,1-2H3,(H,15,19)(H,17,21). The van der Waals surface area contributed by atoms with E-state index in [2.05, 4.69) is 15.5 Å². The molecule has 1 saturated heterocycles. The van der Waals surface area contributed by atoms with Gasteiger partial charge in [0.25, 0.3) is 0 Å². The first-order chi connectivity index (χ1) is 10.5. The maximum absolute atomic E-state index is 12.6. The molecule has 22 heavy (non-hydrogen) atoms. The second kappa shape index (κ2) is 5.94. The van der Waals surface area contributed by atoms with Gasteiger partial charge in [-0.2, -0.15) is 5.10 Å². The van der Waals surface area contributed by atoms with Gasteiger partial charge in [-0.05, 0) is 43.9 Å². The molecule has 8 heteroatoms. The molecule has 2 unspecified atom stereocenters. The van der Waals surface area contributed by atoms with Gasteiger partial charge in [-0.15, -0.1) is 11.3 Å². The smallest absolute Gasteiger partial charge is 0.243 e. The summed E-state index contributed by atoms with van der Waals surface area (Å²) in [6, 6.07) is 3.47. The fourth-order valence-corrected chi connectivity index (χ4v) is 3.53. The highest BCUT2D eigenvalue weighted by molar-refractivity contribution is 7.71. The number of aromatic amines is 1. The van der Waals surface area contributed by atoms with Crippen LogP contribution in [-0.2, 0) is 9.53 Å². The van der Waals surface area contributed by atoms with Crippen LogP contribution >= 0.6 is 23.6 Å². The summed E-state index contributed by atoms with van der Waals surface area (Å²) in [6.07, 6.45) is 0.819. The number of carbonyl (C=O) groups excluding carboxylic acids is 1. The molecular weight excluding hydrogens is 320 g/mol. The van der Waals surface area contributed by atoms with Gasteiger partial charge in [-0.1, -0.05) is 6.07 Å². The maximum atomic E-state index is 12.6. The predicted molar refractivity (Wildman–Crippen MR) is 87.4 cm³/mol. The van der Waals surface area contributed by atoms with Gasteiger partial charge < -0.3 is 10.1 Å². The number of ether oxygens (including phenoxy) is 1. The number of thiophene rings is 1. The van der Waals surface area contributed by atoms with Crippen LogP contribution in [0.25, 0.3) is 10.7 Å². The molecule has 3 rings (SSSR count). The van der Waals surface area contributed by atoms with E-state index in [1.807, 2.05) is 31.4 Å². The van der Waals surface area contributed by atoms with E-state index in [1.54, 1.807) is 15.9 Å². The third kappa shape index (κ3) is 2.86. The van der Waals surface area contributed by atoms with Gasteiger partial charge in [0.05, 0.1) is 17.0 Å². The van der Waals surface area contributed by atoms with Gasteiger partial charge in [0.1, 0.15) is 6.04 Å². The Morgan fingerprint density at radius 1 is 1.68 bits per heavy atom. The van der Waals surface area contributed by atoms with Gasteiger partial charge in [-0.25, -0.2) is 0 Å². The van der Waals surface area contributed by atoms with E-state index in [9.17, 15) is 4.79 Å². The Bertz CT molecular complexity index is 714. The molecule has 0 bridgehead atoms. The molecule has 2 N–H and O–H groups in total. The summed E-state index contributed by atoms with van der Waals surface area (Å²) in [4.78, 5) is 13.6. The SMILES string of the molecule is CC(C(=O)NC1(C)CCOC1)n1c(-c2cccs2)n[nH]c1=S. The van der Waals surface area contributed by atoms with E-state index in [4.69, 9.17) is 17.0 Å². The van der Waals surface area contributed by atoms with Crippen molar-refractivity contribution in [2.24, 2.45) is 0 Å². The Balaban J connectivity index is 1.86. The van der Waals surface area contributed by atoms with Crippen LogP contribution in [0.4, 0.5) is 0 Å². The van der Waals surface area contributed by atoms with Gasteiger partial charge >= 0.3 is 0 Å². The number of nitrogens with zero attached hydrogens (tertiary/aromatic N) is 2. The largest absolute Gasteiger partial charge is 0.379 e. The molecule has 118 valence electrons. The zero-order chi connectivity index (χ0) is 15.7. The number of nitrogens with one attached hydrogen (secondary N) is 2. The average Bonchev–Trinajstić information content (AvgIpc) is 3.18. The average molecular weight is 338 g/mol. The molecule has 2 aromatic heterocycles.